The molecule has 0 spiro atoms. The van der Waals surface area contributed by atoms with Gasteiger partial charge in [0.2, 0.25) is 0 Å². The zero-order chi connectivity index (χ0) is 9.86. The summed E-state index contributed by atoms with van der Waals surface area (Å²) in [5.74, 6) is 0.622. The predicted octanol–water partition coefficient (Wildman–Crippen LogP) is 1.16. The first-order valence-corrected chi connectivity index (χ1v) is 4.71. The zero-order valence-corrected chi connectivity index (χ0v) is 7.87. The molecule has 76 valence electrons. The second-order valence-corrected chi connectivity index (χ2v) is 3.56. The number of halogens is 1. The molecule has 1 fully saturated rings. The van der Waals surface area contributed by atoms with E-state index < -0.39 is 5.67 Å². The highest BCUT2D eigenvalue weighted by atomic mass is 19.1. The highest BCUT2D eigenvalue weighted by molar-refractivity contribution is 5.15. The van der Waals surface area contributed by atoms with Gasteiger partial charge in [-0.05, 0) is 25.1 Å². The molecule has 0 aliphatic carbocycles. The third-order valence-electron chi connectivity index (χ3n) is 2.32. The number of hydrogen-bond acceptors (Lipinski definition) is 3. The number of nitrogens with zero attached hydrogens (tertiary/aromatic N) is 1. The monoisotopic (exact) mass is 196 g/mol. The van der Waals surface area contributed by atoms with Crippen molar-refractivity contribution in [3.63, 3.8) is 0 Å². The summed E-state index contributed by atoms with van der Waals surface area (Å²) in [5, 5.41) is 2.98. The maximum atomic E-state index is 13.8. The molecule has 0 bridgehead atoms. The van der Waals surface area contributed by atoms with E-state index in [1.807, 2.05) is 0 Å². The highest BCUT2D eigenvalue weighted by Gasteiger charge is 2.34. The van der Waals surface area contributed by atoms with E-state index in [0.717, 1.165) is 6.54 Å². The Hall–Kier alpha value is -1.16. The van der Waals surface area contributed by atoms with Crippen LogP contribution in [-0.2, 0) is 0 Å². The summed E-state index contributed by atoms with van der Waals surface area (Å²) in [6.45, 7) is 1.21. The van der Waals surface area contributed by atoms with Crippen LogP contribution in [0.3, 0.4) is 0 Å². The third kappa shape index (κ3) is 2.20. The normalized spacial score (nSPS) is 26.4. The first-order valence-electron chi connectivity index (χ1n) is 4.71. The molecule has 3 nitrogen and oxygen atoms in total. The molecular weight excluding hydrogens is 183 g/mol. The first-order chi connectivity index (χ1) is 6.79. The van der Waals surface area contributed by atoms with E-state index in [9.17, 15) is 4.39 Å². The zero-order valence-electron chi connectivity index (χ0n) is 7.87. The van der Waals surface area contributed by atoms with Gasteiger partial charge in [-0.2, -0.15) is 0 Å². The number of pyridine rings is 1. The molecule has 1 N–H and O–H groups in total. The molecule has 0 radical (unpaired) electrons. The number of nitrogens with one attached hydrogen (secondary N) is 1. The summed E-state index contributed by atoms with van der Waals surface area (Å²) in [7, 11) is 0. The Morgan fingerprint density at radius 3 is 3.21 bits per heavy atom. The molecule has 1 unspecified atom stereocenters. The van der Waals surface area contributed by atoms with Gasteiger partial charge in [0, 0.05) is 12.7 Å². The summed E-state index contributed by atoms with van der Waals surface area (Å²) < 4.78 is 19.1. The van der Waals surface area contributed by atoms with Gasteiger partial charge in [0.1, 0.15) is 12.4 Å². The van der Waals surface area contributed by atoms with Crippen LogP contribution in [-0.4, -0.2) is 30.3 Å². The van der Waals surface area contributed by atoms with Gasteiger partial charge >= 0.3 is 0 Å². The molecular formula is C10H13FN2O. The fourth-order valence-electron chi connectivity index (χ4n) is 1.48. The lowest BCUT2D eigenvalue weighted by molar-refractivity contribution is 0.103. The average Bonchev–Trinajstić information content (AvgIpc) is 2.65. The van der Waals surface area contributed by atoms with E-state index in [1.165, 1.54) is 0 Å². The summed E-state index contributed by atoms with van der Waals surface area (Å²) in [5.41, 5.74) is -1.21. The van der Waals surface area contributed by atoms with Crippen molar-refractivity contribution in [3.8, 4) is 5.75 Å². The molecule has 1 atom stereocenters. The first kappa shape index (κ1) is 9.40. The Balaban J connectivity index is 1.88. The summed E-state index contributed by atoms with van der Waals surface area (Å²) in [4.78, 5) is 3.89. The van der Waals surface area contributed by atoms with Gasteiger partial charge in [-0.3, -0.25) is 4.98 Å². The fourth-order valence-corrected chi connectivity index (χ4v) is 1.48. The topological polar surface area (TPSA) is 34.1 Å². The van der Waals surface area contributed by atoms with Gasteiger partial charge in [0.05, 0.1) is 6.20 Å². The molecule has 2 heterocycles. The van der Waals surface area contributed by atoms with E-state index in [1.54, 1.807) is 24.5 Å². The van der Waals surface area contributed by atoms with Gasteiger partial charge in [-0.1, -0.05) is 0 Å². The smallest absolute Gasteiger partial charge is 0.158 e. The third-order valence-corrected chi connectivity index (χ3v) is 2.32. The number of alkyl halides is 1. The number of hydrogen-bond donors (Lipinski definition) is 1. The van der Waals surface area contributed by atoms with Crippen molar-refractivity contribution in [2.45, 2.75) is 12.1 Å². The minimum absolute atomic E-state index is 0.103. The Kier molecular flexibility index (Phi) is 2.63. The van der Waals surface area contributed by atoms with Crippen molar-refractivity contribution in [1.29, 1.82) is 0 Å². The van der Waals surface area contributed by atoms with Crippen LogP contribution in [0.25, 0.3) is 0 Å². The lowest BCUT2D eigenvalue weighted by Crippen LogP contribution is -2.33. The maximum Gasteiger partial charge on any atom is 0.158 e. The standard InChI is InChI=1S/C10H13FN2O/c11-10(3-5-13-7-10)8-14-9-2-1-4-12-6-9/h1-2,4,6,13H,3,5,7-8H2. The molecule has 0 saturated carbocycles. The van der Waals surface area contributed by atoms with E-state index in [4.69, 9.17) is 4.74 Å². The predicted molar refractivity (Wildman–Crippen MR) is 51.1 cm³/mol. The Labute approximate surface area is 82.3 Å². The molecule has 1 aliphatic heterocycles. The van der Waals surface area contributed by atoms with Crippen molar-refractivity contribution in [2.24, 2.45) is 0 Å². The van der Waals surface area contributed by atoms with Crippen LogP contribution in [0.1, 0.15) is 6.42 Å². The number of aromatic nitrogens is 1. The highest BCUT2D eigenvalue weighted by Crippen LogP contribution is 2.21. The van der Waals surface area contributed by atoms with Crippen molar-refractivity contribution < 1.29 is 9.13 Å². The fraction of sp³-hybridized carbons (Fsp3) is 0.500. The lowest BCUT2D eigenvalue weighted by Gasteiger charge is -2.18. The Bertz CT molecular complexity index is 285. The van der Waals surface area contributed by atoms with Gasteiger partial charge in [-0.25, -0.2) is 4.39 Å². The Morgan fingerprint density at radius 2 is 2.57 bits per heavy atom. The van der Waals surface area contributed by atoms with Crippen molar-refractivity contribution >= 4 is 0 Å². The number of rotatable bonds is 3. The van der Waals surface area contributed by atoms with Crippen molar-refractivity contribution in [2.75, 3.05) is 19.7 Å². The molecule has 1 aromatic rings. The molecule has 0 amide bonds. The summed E-state index contributed by atoms with van der Waals surface area (Å²) >= 11 is 0. The lowest BCUT2D eigenvalue weighted by atomic mass is 10.1. The van der Waals surface area contributed by atoms with Crippen LogP contribution in [0.4, 0.5) is 4.39 Å². The van der Waals surface area contributed by atoms with E-state index in [-0.39, 0.29) is 6.61 Å². The second kappa shape index (κ2) is 3.92. The SMILES string of the molecule is FC1(COc2cccnc2)CCNC1. The van der Waals surface area contributed by atoms with Crippen LogP contribution >= 0.6 is 0 Å². The van der Waals surface area contributed by atoms with Crippen molar-refractivity contribution in [3.05, 3.63) is 24.5 Å². The van der Waals surface area contributed by atoms with Crippen LogP contribution in [0.5, 0.6) is 5.75 Å². The van der Waals surface area contributed by atoms with Crippen LogP contribution in [0, 0.1) is 0 Å². The molecule has 1 saturated heterocycles. The molecule has 4 heteroatoms. The van der Waals surface area contributed by atoms with Crippen molar-refractivity contribution in [1.82, 2.24) is 10.3 Å². The quantitative estimate of drug-likeness (QED) is 0.787. The van der Waals surface area contributed by atoms with Gasteiger partial charge in [-0.15, -0.1) is 0 Å². The van der Waals surface area contributed by atoms with Gasteiger partial charge in [0.15, 0.2) is 5.67 Å². The molecule has 1 aromatic heterocycles. The molecule has 0 aromatic carbocycles. The molecule has 14 heavy (non-hydrogen) atoms. The van der Waals surface area contributed by atoms with Gasteiger partial charge in [0.25, 0.3) is 0 Å². The van der Waals surface area contributed by atoms with E-state index in [0.29, 0.717) is 18.7 Å². The van der Waals surface area contributed by atoms with Crippen LogP contribution in [0.15, 0.2) is 24.5 Å². The van der Waals surface area contributed by atoms with Crippen LogP contribution < -0.4 is 10.1 Å². The van der Waals surface area contributed by atoms with E-state index >= 15 is 0 Å². The van der Waals surface area contributed by atoms with E-state index in [2.05, 4.69) is 10.3 Å². The number of ether oxygens (including phenoxy) is 1. The second-order valence-electron chi connectivity index (χ2n) is 3.56. The van der Waals surface area contributed by atoms with Gasteiger partial charge < -0.3 is 10.1 Å². The minimum Gasteiger partial charge on any atom is -0.489 e. The summed E-state index contributed by atoms with van der Waals surface area (Å²) in [6.07, 6.45) is 3.77. The largest absolute Gasteiger partial charge is 0.489 e. The summed E-state index contributed by atoms with van der Waals surface area (Å²) in [6, 6.07) is 3.55. The molecule has 1 aliphatic rings. The maximum absolute atomic E-state index is 13.8. The molecule has 2 rings (SSSR count). The Morgan fingerprint density at radius 1 is 1.64 bits per heavy atom. The van der Waals surface area contributed by atoms with Crippen LogP contribution in [0.2, 0.25) is 0 Å². The minimum atomic E-state index is -1.21. The average molecular weight is 196 g/mol.